The van der Waals surface area contributed by atoms with Crippen LogP contribution in [0, 0.1) is 0 Å². The highest BCUT2D eigenvalue weighted by Gasteiger charge is 2.16. The number of nitrogens with zero attached hydrogens (tertiary/aromatic N) is 3. The molecular weight excluding hydrogens is 558 g/mol. The number of hydrogen-bond donors (Lipinski definition) is 0. The summed E-state index contributed by atoms with van der Waals surface area (Å²) < 4.78 is 4.54. The number of imidazole rings is 1. The summed E-state index contributed by atoms with van der Waals surface area (Å²) in [4.78, 5) is 5.04. The molecule has 0 saturated carbocycles. The van der Waals surface area contributed by atoms with Crippen LogP contribution in [0.1, 0.15) is 0 Å². The van der Waals surface area contributed by atoms with Crippen LogP contribution in [0.5, 0.6) is 0 Å². The van der Waals surface area contributed by atoms with Crippen LogP contribution in [-0.2, 0) is 0 Å². The van der Waals surface area contributed by atoms with Crippen molar-refractivity contribution < 1.29 is 0 Å². The van der Waals surface area contributed by atoms with E-state index in [2.05, 4.69) is 179 Å². The Bertz CT molecular complexity index is 2450. The summed E-state index contributed by atoms with van der Waals surface area (Å²) in [6.07, 6.45) is 2.09. The minimum atomic E-state index is 0.942. The van der Waals surface area contributed by atoms with Crippen LogP contribution >= 0.6 is 0 Å². The Morgan fingerprint density at radius 3 is 1.61 bits per heavy atom. The van der Waals surface area contributed by atoms with Crippen molar-refractivity contribution in [1.29, 1.82) is 0 Å². The molecule has 3 nitrogen and oxygen atoms in total. The molecule has 0 bridgehead atoms. The molecule has 3 heterocycles. The number of fused-ring (bicyclic) bond motifs is 4. The number of benzene rings is 6. The second kappa shape index (κ2) is 10.8. The van der Waals surface area contributed by atoms with E-state index in [0.29, 0.717) is 0 Å². The summed E-state index contributed by atoms with van der Waals surface area (Å²) in [6, 6.07) is 60.5. The molecule has 0 atom stereocenters. The van der Waals surface area contributed by atoms with Gasteiger partial charge in [-0.25, -0.2) is 4.98 Å². The van der Waals surface area contributed by atoms with Gasteiger partial charge in [0, 0.05) is 33.8 Å². The zero-order chi connectivity index (χ0) is 30.5. The average Bonchev–Trinajstić information content (AvgIpc) is 3.69. The highest BCUT2D eigenvalue weighted by Crippen LogP contribution is 2.36. The third-order valence-electron chi connectivity index (χ3n) is 8.97. The molecule has 0 amide bonds. The zero-order valence-electron chi connectivity index (χ0n) is 25.1. The number of pyridine rings is 1. The van der Waals surface area contributed by atoms with Gasteiger partial charge in [-0.3, -0.25) is 4.40 Å². The van der Waals surface area contributed by atoms with Gasteiger partial charge in [0.15, 0.2) is 0 Å². The van der Waals surface area contributed by atoms with Crippen molar-refractivity contribution in [3.63, 3.8) is 0 Å². The Labute approximate surface area is 267 Å². The predicted octanol–water partition coefficient (Wildman–Crippen LogP) is 11.1. The molecule has 0 unspecified atom stereocenters. The Hall–Kier alpha value is -6.19. The first-order chi connectivity index (χ1) is 22.8. The van der Waals surface area contributed by atoms with Crippen molar-refractivity contribution >= 4 is 27.5 Å². The number of hydrogen-bond acceptors (Lipinski definition) is 1. The fraction of sp³-hybridized carbons (Fsp3) is 0. The standard InChI is InChI=1S/C43H29N3/c1-2-11-33(12-3-1)43-42(44-41-19-8-9-28-45(41)43)32-22-20-30(21-23-32)34-13-10-14-35(29-34)31-24-26-36(27-25-31)46-39-17-6-4-15-37(39)38-16-5-7-18-40(38)46/h1-29H. The Kier molecular flexibility index (Phi) is 6.14. The smallest absolute Gasteiger partial charge is 0.137 e. The molecule has 216 valence electrons. The summed E-state index contributed by atoms with van der Waals surface area (Å²) in [5.41, 5.74) is 13.7. The summed E-state index contributed by atoms with van der Waals surface area (Å²) in [7, 11) is 0. The van der Waals surface area contributed by atoms with Crippen LogP contribution in [-0.4, -0.2) is 14.0 Å². The van der Waals surface area contributed by atoms with E-state index in [1.807, 2.05) is 6.07 Å². The van der Waals surface area contributed by atoms with Crippen molar-refractivity contribution in [2.24, 2.45) is 0 Å². The molecule has 0 aliphatic carbocycles. The Morgan fingerprint density at radius 2 is 0.935 bits per heavy atom. The van der Waals surface area contributed by atoms with Crippen LogP contribution in [0.25, 0.3) is 77.9 Å². The maximum atomic E-state index is 5.04. The first-order valence-electron chi connectivity index (χ1n) is 15.6. The van der Waals surface area contributed by atoms with Gasteiger partial charge in [-0.15, -0.1) is 0 Å². The van der Waals surface area contributed by atoms with Gasteiger partial charge >= 0.3 is 0 Å². The largest absolute Gasteiger partial charge is 0.309 e. The van der Waals surface area contributed by atoms with E-state index in [9.17, 15) is 0 Å². The van der Waals surface area contributed by atoms with Crippen molar-refractivity contribution in [3.8, 4) is 50.5 Å². The lowest BCUT2D eigenvalue weighted by Gasteiger charge is -2.11. The SMILES string of the molecule is c1ccc(-c2c(-c3ccc(-c4cccc(-c5ccc(-n6c7ccccc7c7ccccc76)cc5)c4)cc3)nc3ccccn23)cc1. The van der Waals surface area contributed by atoms with E-state index < -0.39 is 0 Å². The van der Waals surface area contributed by atoms with E-state index in [4.69, 9.17) is 4.98 Å². The van der Waals surface area contributed by atoms with Crippen LogP contribution in [0.2, 0.25) is 0 Å². The fourth-order valence-electron chi connectivity index (χ4n) is 6.77. The van der Waals surface area contributed by atoms with Crippen molar-refractivity contribution in [1.82, 2.24) is 14.0 Å². The van der Waals surface area contributed by atoms with Crippen molar-refractivity contribution in [2.75, 3.05) is 0 Å². The lowest BCUT2D eigenvalue weighted by Crippen LogP contribution is -1.93. The Morgan fingerprint density at radius 1 is 0.391 bits per heavy atom. The highest BCUT2D eigenvalue weighted by molar-refractivity contribution is 6.09. The molecule has 9 aromatic rings. The van der Waals surface area contributed by atoms with E-state index in [1.165, 1.54) is 44.1 Å². The molecule has 0 aliphatic rings. The first kappa shape index (κ1) is 26.2. The predicted molar refractivity (Wildman–Crippen MR) is 191 cm³/mol. The third kappa shape index (κ3) is 4.33. The van der Waals surface area contributed by atoms with Gasteiger partial charge in [-0.2, -0.15) is 0 Å². The van der Waals surface area contributed by atoms with Gasteiger partial charge in [0.2, 0.25) is 0 Å². The number of para-hydroxylation sites is 2. The molecule has 3 heteroatoms. The summed E-state index contributed by atoms with van der Waals surface area (Å²) in [5.74, 6) is 0. The molecule has 0 aliphatic heterocycles. The fourth-order valence-corrected chi connectivity index (χ4v) is 6.77. The summed E-state index contributed by atoms with van der Waals surface area (Å²) in [5, 5.41) is 2.55. The van der Waals surface area contributed by atoms with Crippen LogP contribution < -0.4 is 0 Å². The van der Waals surface area contributed by atoms with Crippen LogP contribution in [0.3, 0.4) is 0 Å². The average molecular weight is 588 g/mol. The first-order valence-corrected chi connectivity index (χ1v) is 15.6. The molecule has 6 aromatic carbocycles. The molecule has 0 radical (unpaired) electrons. The lowest BCUT2D eigenvalue weighted by molar-refractivity contribution is 1.18. The van der Waals surface area contributed by atoms with E-state index in [-0.39, 0.29) is 0 Å². The lowest BCUT2D eigenvalue weighted by atomic mass is 9.97. The van der Waals surface area contributed by atoms with Gasteiger partial charge in [0.25, 0.3) is 0 Å². The van der Waals surface area contributed by atoms with E-state index in [1.54, 1.807) is 0 Å². The van der Waals surface area contributed by atoms with E-state index >= 15 is 0 Å². The van der Waals surface area contributed by atoms with Gasteiger partial charge in [0.1, 0.15) is 5.65 Å². The number of aromatic nitrogens is 3. The molecule has 9 rings (SSSR count). The molecular formula is C43H29N3. The van der Waals surface area contributed by atoms with Crippen molar-refractivity contribution in [2.45, 2.75) is 0 Å². The summed E-state index contributed by atoms with van der Waals surface area (Å²) in [6.45, 7) is 0. The quantitative estimate of drug-likeness (QED) is 0.196. The molecule has 0 fully saturated rings. The maximum Gasteiger partial charge on any atom is 0.137 e. The van der Waals surface area contributed by atoms with Gasteiger partial charge < -0.3 is 4.57 Å². The van der Waals surface area contributed by atoms with Crippen molar-refractivity contribution in [3.05, 3.63) is 176 Å². The topological polar surface area (TPSA) is 22.2 Å². The second-order valence-electron chi connectivity index (χ2n) is 11.7. The second-order valence-corrected chi connectivity index (χ2v) is 11.7. The maximum absolute atomic E-state index is 5.04. The molecule has 0 N–H and O–H groups in total. The normalized spacial score (nSPS) is 11.5. The minimum absolute atomic E-state index is 0.942. The van der Waals surface area contributed by atoms with Crippen LogP contribution in [0.15, 0.2) is 176 Å². The monoisotopic (exact) mass is 587 g/mol. The molecule has 3 aromatic heterocycles. The molecule has 0 spiro atoms. The minimum Gasteiger partial charge on any atom is -0.309 e. The molecule has 46 heavy (non-hydrogen) atoms. The highest BCUT2D eigenvalue weighted by atomic mass is 15.0. The molecule has 0 saturated heterocycles. The van der Waals surface area contributed by atoms with Gasteiger partial charge in [0.05, 0.1) is 22.4 Å². The third-order valence-corrected chi connectivity index (χ3v) is 8.97. The van der Waals surface area contributed by atoms with Gasteiger partial charge in [-0.1, -0.05) is 127 Å². The Balaban J connectivity index is 1.05. The van der Waals surface area contributed by atoms with Gasteiger partial charge in [-0.05, 0) is 64.7 Å². The van der Waals surface area contributed by atoms with E-state index in [0.717, 1.165) is 33.8 Å². The summed E-state index contributed by atoms with van der Waals surface area (Å²) >= 11 is 0. The van der Waals surface area contributed by atoms with Crippen LogP contribution in [0.4, 0.5) is 0 Å². The zero-order valence-corrected chi connectivity index (χ0v) is 25.1. The number of rotatable bonds is 5.